The Morgan fingerprint density at radius 2 is 1.91 bits per heavy atom. The van der Waals surface area contributed by atoms with Crippen molar-refractivity contribution in [1.29, 1.82) is 0 Å². The third kappa shape index (κ3) is 8.55. The van der Waals surface area contributed by atoms with Gasteiger partial charge in [0, 0.05) is 33.9 Å². The lowest BCUT2D eigenvalue weighted by Crippen LogP contribution is -2.38. The largest absolute Gasteiger partial charge is 0.385 e. The molecule has 1 atom stereocenters. The van der Waals surface area contributed by atoms with Gasteiger partial charge in [0.25, 0.3) is 0 Å². The molecule has 0 saturated carbocycles. The van der Waals surface area contributed by atoms with E-state index in [0.717, 1.165) is 37.6 Å². The van der Waals surface area contributed by atoms with Crippen LogP contribution in [0.5, 0.6) is 0 Å². The van der Waals surface area contributed by atoms with Gasteiger partial charge in [-0.2, -0.15) is 0 Å². The summed E-state index contributed by atoms with van der Waals surface area (Å²) < 4.78 is 10.6. The van der Waals surface area contributed by atoms with Gasteiger partial charge >= 0.3 is 0 Å². The van der Waals surface area contributed by atoms with E-state index in [9.17, 15) is 0 Å². The molecule has 126 valence electrons. The number of hydrogen-bond acceptors (Lipinski definition) is 3. The highest BCUT2D eigenvalue weighted by molar-refractivity contribution is 14.0. The van der Waals surface area contributed by atoms with Crippen LogP contribution in [-0.2, 0) is 9.47 Å². The second-order valence-corrected chi connectivity index (χ2v) is 4.63. The number of methoxy groups -OCH3 is 2. The average molecular weight is 421 g/mol. The molecule has 2 N–H and O–H groups in total. The highest BCUT2D eigenvalue weighted by Gasteiger charge is 2.09. The lowest BCUT2D eigenvalue weighted by molar-refractivity contribution is 0.111. The molecule has 5 nitrogen and oxygen atoms in total. The van der Waals surface area contributed by atoms with Crippen molar-refractivity contribution in [1.82, 2.24) is 10.6 Å². The molecule has 0 bridgehead atoms. The number of guanidine groups is 1. The van der Waals surface area contributed by atoms with Crippen LogP contribution in [0.25, 0.3) is 0 Å². The Balaban J connectivity index is 0.00000441. The molecule has 1 rings (SSSR count). The van der Waals surface area contributed by atoms with Crippen LogP contribution in [-0.4, -0.2) is 46.4 Å². The van der Waals surface area contributed by atoms with Crippen LogP contribution in [0.3, 0.4) is 0 Å². The van der Waals surface area contributed by atoms with Crippen molar-refractivity contribution in [3.63, 3.8) is 0 Å². The van der Waals surface area contributed by atoms with Crippen molar-refractivity contribution in [3.8, 4) is 0 Å². The fourth-order valence-corrected chi connectivity index (χ4v) is 1.92. The molecule has 1 aromatic rings. The summed E-state index contributed by atoms with van der Waals surface area (Å²) in [6.07, 6.45) is 0.924. The van der Waals surface area contributed by atoms with E-state index in [1.807, 2.05) is 18.2 Å². The van der Waals surface area contributed by atoms with Gasteiger partial charge < -0.3 is 20.1 Å². The first-order valence-electron chi connectivity index (χ1n) is 7.40. The van der Waals surface area contributed by atoms with Crippen LogP contribution in [0.1, 0.15) is 25.0 Å². The van der Waals surface area contributed by atoms with Gasteiger partial charge in [0.1, 0.15) is 6.10 Å². The summed E-state index contributed by atoms with van der Waals surface area (Å²) in [5.41, 5.74) is 1.14. The molecule has 1 unspecified atom stereocenters. The SMILES string of the molecule is CCNC(=NCC(OC)c1ccccc1)NCCCOC.I. The number of nitrogens with zero attached hydrogens (tertiary/aromatic N) is 1. The summed E-state index contributed by atoms with van der Waals surface area (Å²) in [6.45, 7) is 5.05. The van der Waals surface area contributed by atoms with Crippen molar-refractivity contribution in [2.75, 3.05) is 40.5 Å². The second kappa shape index (κ2) is 13.8. The Morgan fingerprint density at radius 1 is 1.18 bits per heavy atom. The Bertz CT molecular complexity index is 402. The number of halogens is 1. The van der Waals surface area contributed by atoms with Crippen LogP contribution < -0.4 is 10.6 Å². The minimum atomic E-state index is -0.0272. The van der Waals surface area contributed by atoms with Crippen molar-refractivity contribution in [2.24, 2.45) is 4.99 Å². The van der Waals surface area contributed by atoms with Gasteiger partial charge in [0.15, 0.2) is 5.96 Å². The maximum atomic E-state index is 5.53. The summed E-state index contributed by atoms with van der Waals surface area (Å²) in [5.74, 6) is 0.812. The third-order valence-corrected chi connectivity index (χ3v) is 3.03. The molecule has 0 aliphatic carbocycles. The maximum absolute atomic E-state index is 5.53. The summed E-state index contributed by atoms with van der Waals surface area (Å²) in [4.78, 5) is 4.59. The van der Waals surface area contributed by atoms with Gasteiger partial charge in [-0.05, 0) is 18.9 Å². The number of nitrogens with one attached hydrogen (secondary N) is 2. The van der Waals surface area contributed by atoms with E-state index < -0.39 is 0 Å². The van der Waals surface area contributed by atoms with E-state index in [1.54, 1.807) is 14.2 Å². The first-order chi connectivity index (χ1) is 10.3. The standard InChI is InChI=1S/C16H27N3O2.HI/c1-4-17-16(18-11-8-12-20-2)19-13-15(21-3)14-9-6-5-7-10-14;/h5-7,9-10,15H,4,8,11-13H2,1-3H3,(H2,17,18,19);1H. The van der Waals surface area contributed by atoms with Crippen LogP contribution in [0.15, 0.2) is 35.3 Å². The Labute approximate surface area is 150 Å². The van der Waals surface area contributed by atoms with Gasteiger partial charge in [-0.3, -0.25) is 4.99 Å². The van der Waals surface area contributed by atoms with Gasteiger partial charge in [0.05, 0.1) is 6.54 Å². The topological polar surface area (TPSA) is 54.9 Å². The fourth-order valence-electron chi connectivity index (χ4n) is 1.92. The molecule has 0 fully saturated rings. The van der Waals surface area contributed by atoms with E-state index >= 15 is 0 Å². The van der Waals surface area contributed by atoms with E-state index in [0.29, 0.717) is 6.54 Å². The number of aliphatic imine (C=N–C) groups is 1. The monoisotopic (exact) mass is 421 g/mol. The first-order valence-corrected chi connectivity index (χ1v) is 7.40. The van der Waals surface area contributed by atoms with E-state index in [4.69, 9.17) is 9.47 Å². The van der Waals surface area contributed by atoms with Gasteiger partial charge in [-0.25, -0.2) is 0 Å². The number of benzene rings is 1. The predicted octanol–water partition coefficient (Wildman–Crippen LogP) is 2.58. The zero-order valence-electron chi connectivity index (χ0n) is 13.7. The zero-order chi connectivity index (χ0) is 15.3. The average Bonchev–Trinajstić information content (AvgIpc) is 2.53. The Hall–Kier alpha value is -0.860. The minimum absolute atomic E-state index is 0. The van der Waals surface area contributed by atoms with Gasteiger partial charge in [-0.1, -0.05) is 30.3 Å². The highest BCUT2D eigenvalue weighted by Crippen LogP contribution is 2.16. The normalized spacial score (nSPS) is 12.4. The Morgan fingerprint density at radius 3 is 2.50 bits per heavy atom. The van der Waals surface area contributed by atoms with Crippen LogP contribution in [0, 0.1) is 0 Å². The number of rotatable bonds is 9. The lowest BCUT2D eigenvalue weighted by atomic mass is 10.1. The molecule has 0 radical (unpaired) electrons. The van der Waals surface area contributed by atoms with Crippen molar-refractivity contribution >= 4 is 29.9 Å². The van der Waals surface area contributed by atoms with Crippen LogP contribution in [0.4, 0.5) is 0 Å². The Kier molecular flexibility index (Phi) is 13.2. The minimum Gasteiger partial charge on any atom is -0.385 e. The zero-order valence-corrected chi connectivity index (χ0v) is 16.0. The van der Waals surface area contributed by atoms with Crippen LogP contribution >= 0.6 is 24.0 Å². The maximum Gasteiger partial charge on any atom is 0.191 e. The molecular formula is C16H28IN3O2. The molecule has 22 heavy (non-hydrogen) atoms. The molecule has 0 spiro atoms. The molecule has 0 heterocycles. The highest BCUT2D eigenvalue weighted by atomic mass is 127. The van der Waals surface area contributed by atoms with Gasteiger partial charge in [0.2, 0.25) is 0 Å². The molecule has 0 amide bonds. The van der Waals surface area contributed by atoms with E-state index in [1.165, 1.54) is 0 Å². The smallest absolute Gasteiger partial charge is 0.191 e. The van der Waals surface area contributed by atoms with Crippen molar-refractivity contribution < 1.29 is 9.47 Å². The summed E-state index contributed by atoms with van der Waals surface area (Å²) in [5, 5.41) is 6.52. The summed E-state index contributed by atoms with van der Waals surface area (Å²) >= 11 is 0. The second-order valence-electron chi connectivity index (χ2n) is 4.63. The first kappa shape index (κ1) is 21.1. The molecule has 0 saturated heterocycles. The van der Waals surface area contributed by atoms with Crippen LogP contribution in [0.2, 0.25) is 0 Å². The number of ether oxygens (including phenoxy) is 2. The van der Waals surface area contributed by atoms with Crippen molar-refractivity contribution in [3.05, 3.63) is 35.9 Å². The quantitative estimate of drug-likeness (QED) is 0.279. The molecule has 6 heteroatoms. The summed E-state index contributed by atoms with van der Waals surface area (Å²) in [6, 6.07) is 10.1. The van der Waals surface area contributed by atoms with E-state index in [2.05, 4.69) is 34.7 Å². The molecular weight excluding hydrogens is 393 g/mol. The van der Waals surface area contributed by atoms with E-state index in [-0.39, 0.29) is 30.1 Å². The molecule has 0 aliphatic rings. The lowest BCUT2D eigenvalue weighted by Gasteiger charge is -2.15. The predicted molar refractivity (Wildman–Crippen MR) is 102 cm³/mol. The fraction of sp³-hybridized carbons (Fsp3) is 0.562. The summed E-state index contributed by atoms with van der Waals surface area (Å²) in [7, 11) is 3.43. The molecule has 0 aliphatic heterocycles. The molecule has 1 aromatic carbocycles. The number of hydrogen-bond donors (Lipinski definition) is 2. The van der Waals surface area contributed by atoms with Gasteiger partial charge in [-0.15, -0.1) is 24.0 Å². The third-order valence-electron chi connectivity index (χ3n) is 3.03. The molecule has 0 aromatic heterocycles. The van der Waals surface area contributed by atoms with Crippen molar-refractivity contribution in [2.45, 2.75) is 19.4 Å².